The molecule has 1 aromatic heterocycles. The van der Waals surface area contributed by atoms with Gasteiger partial charge in [0.25, 0.3) is 0 Å². The minimum absolute atomic E-state index is 0.625. The van der Waals surface area contributed by atoms with Crippen LogP contribution in [0.2, 0.25) is 0 Å². The molecule has 5 rings (SSSR count). The summed E-state index contributed by atoms with van der Waals surface area (Å²) >= 11 is 0. The molecule has 0 N–H and O–H groups in total. The Labute approximate surface area is 171 Å². The quantitative estimate of drug-likeness (QED) is 0.671. The van der Waals surface area contributed by atoms with Gasteiger partial charge in [-0.2, -0.15) is 0 Å². The van der Waals surface area contributed by atoms with Crippen molar-refractivity contribution in [3.63, 3.8) is 0 Å². The van der Waals surface area contributed by atoms with Gasteiger partial charge in [-0.05, 0) is 29.7 Å². The highest BCUT2D eigenvalue weighted by molar-refractivity contribution is 5.43. The van der Waals surface area contributed by atoms with E-state index in [4.69, 9.17) is 9.47 Å². The molecule has 0 saturated heterocycles. The third-order valence-corrected chi connectivity index (χ3v) is 5.69. The largest absolute Gasteiger partial charge is 0.486 e. The molecule has 29 heavy (non-hydrogen) atoms. The minimum atomic E-state index is 0.625. The molecule has 3 aromatic rings. The summed E-state index contributed by atoms with van der Waals surface area (Å²) in [5.41, 5.74) is 2.61. The second-order valence-electron chi connectivity index (χ2n) is 7.67. The topological polar surface area (TPSA) is 52.4 Å². The van der Waals surface area contributed by atoms with Crippen molar-refractivity contribution in [2.75, 3.05) is 26.3 Å². The van der Waals surface area contributed by atoms with Crippen molar-refractivity contribution in [3.8, 4) is 11.5 Å². The van der Waals surface area contributed by atoms with Gasteiger partial charge in [0, 0.05) is 39.0 Å². The maximum atomic E-state index is 5.73. The number of aromatic nitrogens is 3. The highest BCUT2D eigenvalue weighted by Gasteiger charge is 2.19. The Bertz CT molecular complexity index is 970. The van der Waals surface area contributed by atoms with Crippen LogP contribution in [0.15, 0.2) is 48.5 Å². The van der Waals surface area contributed by atoms with E-state index in [9.17, 15) is 0 Å². The normalized spacial score (nSPS) is 16.3. The van der Waals surface area contributed by atoms with Crippen LogP contribution < -0.4 is 9.47 Å². The van der Waals surface area contributed by atoms with Crippen molar-refractivity contribution in [2.24, 2.45) is 0 Å². The first-order valence-corrected chi connectivity index (χ1v) is 10.4. The lowest BCUT2D eigenvalue weighted by molar-refractivity contribution is 0.171. The van der Waals surface area contributed by atoms with Crippen LogP contribution >= 0.6 is 0 Å². The number of hydrogen-bond donors (Lipinski definition) is 0. The lowest BCUT2D eigenvalue weighted by Gasteiger charge is -2.22. The Morgan fingerprint density at radius 2 is 1.66 bits per heavy atom. The molecule has 0 bridgehead atoms. The molecule has 0 unspecified atom stereocenters. The van der Waals surface area contributed by atoms with Crippen LogP contribution in [0.3, 0.4) is 0 Å². The Morgan fingerprint density at radius 1 is 0.793 bits per heavy atom. The number of rotatable bonds is 5. The Hall–Kier alpha value is -2.86. The van der Waals surface area contributed by atoms with Crippen LogP contribution in [0.5, 0.6) is 11.5 Å². The molecule has 0 saturated carbocycles. The summed E-state index contributed by atoms with van der Waals surface area (Å²) in [6.45, 7) is 5.10. The number of ether oxygens (including phenoxy) is 2. The maximum absolute atomic E-state index is 5.73. The smallest absolute Gasteiger partial charge is 0.161 e. The predicted molar refractivity (Wildman–Crippen MR) is 110 cm³/mol. The second kappa shape index (κ2) is 8.25. The van der Waals surface area contributed by atoms with E-state index in [1.165, 1.54) is 11.1 Å². The van der Waals surface area contributed by atoms with Gasteiger partial charge in [0.1, 0.15) is 24.9 Å². The van der Waals surface area contributed by atoms with Crippen LogP contribution in [0.4, 0.5) is 0 Å². The summed E-state index contributed by atoms with van der Waals surface area (Å²) in [6, 6.07) is 16.9. The van der Waals surface area contributed by atoms with Gasteiger partial charge >= 0.3 is 0 Å². The molecule has 0 spiro atoms. The zero-order valence-electron chi connectivity index (χ0n) is 16.6. The molecular weight excluding hydrogens is 364 g/mol. The van der Waals surface area contributed by atoms with E-state index in [1.807, 2.05) is 6.07 Å². The van der Waals surface area contributed by atoms with E-state index in [-0.39, 0.29) is 0 Å². The Morgan fingerprint density at radius 3 is 2.55 bits per heavy atom. The van der Waals surface area contributed by atoms with Crippen LogP contribution in [0, 0.1) is 0 Å². The average Bonchev–Trinajstić information content (AvgIpc) is 3.05. The van der Waals surface area contributed by atoms with Crippen LogP contribution in [-0.2, 0) is 32.4 Å². The van der Waals surface area contributed by atoms with Gasteiger partial charge in [-0.25, -0.2) is 0 Å². The van der Waals surface area contributed by atoms with Crippen molar-refractivity contribution >= 4 is 0 Å². The summed E-state index contributed by atoms with van der Waals surface area (Å²) in [5, 5.41) is 8.95. The van der Waals surface area contributed by atoms with Gasteiger partial charge in [0.15, 0.2) is 11.5 Å². The number of hydrogen-bond acceptors (Lipinski definition) is 5. The zero-order valence-corrected chi connectivity index (χ0v) is 16.6. The molecule has 2 aromatic carbocycles. The predicted octanol–water partition coefficient (Wildman–Crippen LogP) is 2.89. The number of benzene rings is 2. The van der Waals surface area contributed by atoms with E-state index >= 15 is 0 Å². The van der Waals surface area contributed by atoms with Gasteiger partial charge in [-0.3, -0.25) is 4.90 Å². The van der Waals surface area contributed by atoms with Gasteiger partial charge in [-0.1, -0.05) is 36.4 Å². The molecule has 0 fully saturated rings. The summed E-state index contributed by atoms with van der Waals surface area (Å²) < 4.78 is 13.7. The fraction of sp³-hybridized carbons (Fsp3) is 0.391. The lowest BCUT2D eigenvalue weighted by Crippen LogP contribution is -2.27. The standard InChI is InChI=1S/C23H26N4O2/c1-2-4-18(5-3-1)7-9-22-24-25-23-10-11-26(12-13-27(22)23)17-19-6-8-20-21(16-19)29-15-14-28-20/h1-6,8,16H,7,9-15,17H2. The highest BCUT2D eigenvalue weighted by Crippen LogP contribution is 2.31. The molecule has 3 heterocycles. The van der Waals surface area contributed by atoms with Gasteiger partial charge in [-0.15, -0.1) is 10.2 Å². The number of fused-ring (bicyclic) bond motifs is 2. The fourth-order valence-electron chi connectivity index (χ4n) is 4.11. The van der Waals surface area contributed by atoms with E-state index in [0.29, 0.717) is 13.2 Å². The molecule has 2 aliphatic rings. The number of aryl methyl sites for hydroxylation is 2. The van der Waals surface area contributed by atoms with Gasteiger partial charge < -0.3 is 14.0 Å². The van der Waals surface area contributed by atoms with Crippen LogP contribution in [-0.4, -0.2) is 46.0 Å². The van der Waals surface area contributed by atoms with Gasteiger partial charge in [0.05, 0.1) is 0 Å². The molecule has 6 nitrogen and oxygen atoms in total. The van der Waals surface area contributed by atoms with Crippen molar-refractivity contribution in [2.45, 2.75) is 32.4 Å². The summed E-state index contributed by atoms with van der Waals surface area (Å²) in [5.74, 6) is 3.93. The zero-order chi connectivity index (χ0) is 19.5. The Balaban J connectivity index is 1.22. The van der Waals surface area contributed by atoms with Crippen LogP contribution in [0.1, 0.15) is 22.8 Å². The number of nitrogens with zero attached hydrogens (tertiary/aromatic N) is 4. The highest BCUT2D eigenvalue weighted by atomic mass is 16.6. The van der Waals surface area contributed by atoms with Crippen LogP contribution in [0.25, 0.3) is 0 Å². The summed E-state index contributed by atoms with van der Waals surface area (Å²) in [6.07, 6.45) is 2.86. The molecule has 150 valence electrons. The molecule has 2 aliphatic heterocycles. The van der Waals surface area contributed by atoms with Crippen molar-refractivity contribution in [1.29, 1.82) is 0 Å². The third-order valence-electron chi connectivity index (χ3n) is 5.69. The van der Waals surface area contributed by atoms with Gasteiger partial charge in [0.2, 0.25) is 0 Å². The summed E-state index contributed by atoms with van der Waals surface area (Å²) in [4.78, 5) is 2.49. The van der Waals surface area contributed by atoms with E-state index < -0.39 is 0 Å². The van der Waals surface area contributed by atoms with E-state index in [1.54, 1.807) is 0 Å². The molecule has 0 amide bonds. The first kappa shape index (κ1) is 18.2. The van der Waals surface area contributed by atoms with E-state index in [2.05, 4.69) is 62.1 Å². The molecule has 0 aliphatic carbocycles. The monoisotopic (exact) mass is 390 g/mol. The third kappa shape index (κ3) is 4.12. The SMILES string of the molecule is c1ccc(CCc2nnc3n2CCN(Cc2ccc4c(c2)OCCO4)CC3)cc1. The first-order valence-electron chi connectivity index (χ1n) is 10.4. The average molecular weight is 390 g/mol. The first-order chi connectivity index (χ1) is 14.3. The second-order valence-corrected chi connectivity index (χ2v) is 7.67. The fourth-order valence-corrected chi connectivity index (χ4v) is 4.11. The molecule has 0 radical (unpaired) electrons. The minimum Gasteiger partial charge on any atom is -0.486 e. The lowest BCUT2D eigenvalue weighted by atomic mass is 10.1. The van der Waals surface area contributed by atoms with Crippen molar-refractivity contribution in [1.82, 2.24) is 19.7 Å². The summed E-state index contributed by atoms with van der Waals surface area (Å²) in [7, 11) is 0. The Kier molecular flexibility index (Phi) is 5.17. The van der Waals surface area contributed by atoms with Crippen molar-refractivity contribution in [3.05, 3.63) is 71.3 Å². The maximum Gasteiger partial charge on any atom is 0.161 e. The molecule has 6 heteroatoms. The molecule has 0 atom stereocenters. The molecular formula is C23H26N4O2. The van der Waals surface area contributed by atoms with E-state index in [0.717, 1.165) is 68.6 Å². The van der Waals surface area contributed by atoms with Crippen molar-refractivity contribution < 1.29 is 9.47 Å².